The molecule has 0 bridgehead atoms. The summed E-state index contributed by atoms with van der Waals surface area (Å²) in [5.74, 6) is 0. The molecule has 137 valence electrons. The summed E-state index contributed by atoms with van der Waals surface area (Å²) >= 11 is 5.13. The van der Waals surface area contributed by atoms with E-state index in [4.69, 9.17) is 55.4 Å². The van der Waals surface area contributed by atoms with Crippen molar-refractivity contribution < 1.29 is 32.9 Å². The van der Waals surface area contributed by atoms with Gasteiger partial charge in [0.05, 0.1) is 32.6 Å². The average molecular weight is 387 g/mol. The molecule has 1 N–H and O–H groups in total. The minimum atomic E-state index is -3.52. The Morgan fingerprint density at radius 1 is 1.40 bits per heavy atom. The average Bonchev–Trinajstić information content (AvgIpc) is 3.06. The SMILES string of the molecule is [B][B][C@H]1C[C@@H](OC)[C@@H](COP(O)(=S)O[C@@H]2C[C@H]([B])O[C@]2(C)COC)O1. The fraction of sp³-hybridized carbons (Fsp3) is 1.00. The van der Waals surface area contributed by atoms with Crippen LogP contribution in [0.15, 0.2) is 0 Å². The predicted octanol–water partition coefficient (Wildman–Crippen LogP) is -0.157. The summed E-state index contributed by atoms with van der Waals surface area (Å²) in [7, 11) is 15.9. The zero-order valence-electron chi connectivity index (χ0n) is 14.7. The van der Waals surface area contributed by atoms with Gasteiger partial charge in [0.1, 0.15) is 19.6 Å². The van der Waals surface area contributed by atoms with Crippen LogP contribution in [-0.2, 0) is 39.8 Å². The van der Waals surface area contributed by atoms with Crippen molar-refractivity contribution >= 4 is 41.3 Å². The topological polar surface area (TPSA) is 75.6 Å². The second kappa shape index (κ2) is 9.17. The van der Waals surface area contributed by atoms with Gasteiger partial charge in [0, 0.05) is 34.0 Å². The fourth-order valence-electron chi connectivity index (χ4n) is 3.12. The summed E-state index contributed by atoms with van der Waals surface area (Å²) in [6.07, 6.45) is -0.117. The van der Waals surface area contributed by atoms with Crippen LogP contribution in [0.3, 0.4) is 0 Å². The van der Waals surface area contributed by atoms with Crippen molar-refractivity contribution in [2.24, 2.45) is 0 Å². The lowest BCUT2D eigenvalue weighted by molar-refractivity contribution is -0.0909. The minimum Gasteiger partial charge on any atom is -0.382 e. The van der Waals surface area contributed by atoms with Gasteiger partial charge >= 0.3 is 6.72 Å². The molecular weight excluding hydrogens is 364 g/mol. The van der Waals surface area contributed by atoms with E-state index in [1.54, 1.807) is 21.1 Å². The van der Waals surface area contributed by atoms with Crippen molar-refractivity contribution in [3.05, 3.63) is 0 Å². The summed E-state index contributed by atoms with van der Waals surface area (Å²) in [4.78, 5) is 10.4. The smallest absolute Gasteiger partial charge is 0.324 e. The molecule has 2 rings (SSSR count). The summed E-state index contributed by atoms with van der Waals surface area (Å²) < 4.78 is 33.0. The molecule has 25 heavy (non-hydrogen) atoms. The second-order valence-corrected chi connectivity index (χ2v) is 9.20. The van der Waals surface area contributed by atoms with Crippen LogP contribution in [-0.4, -0.2) is 91.0 Å². The number of hydrogen-bond acceptors (Lipinski definition) is 7. The van der Waals surface area contributed by atoms with E-state index in [-0.39, 0.29) is 31.4 Å². The highest BCUT2D eigenvalue weighted by Gasteiger charge is 2.47. The number of rotatable bonds is 9. The monoisotopic (exact) mass is 387 g/mol. The number of methoxy groups -OCH3 is 2. The van der Waals surface area contributed by atoms with Crippen LogP contribution < -0.4 is 0 Å². The Morgan fingerprint density at radius 3 is 2.72 bits per heavy atom. The first-order valence-electron chi connectivity index (χ1n) is 8.04. The second-order valence-electron chi connectivity index (χ2n) is 6.41. The molecule has 0 saturated carbocycles. The lowest BCUT2D eigenvalue weighted by atomic mass is 9.51. The maximum atomic E-state index is 10.4. The van der Waals surface area contributed by atoms with E-state index in [1.165, 1.54) is 7.17 Å². The molecule has 7 nitrogen and oxygen atoms in total. The first kappa shape index (κ1) is 21.9. The van der Waals surface area contributed by atoms with Crippen molar-refractivity contribution in [3.8, 4) is 0 Å². The molecule has 5 radical (unpaired) electrons. The molecule has 2 aliphatic heterocycles. The molecule has 0 aromatic heterocycles. The third kappa shape index (κ3) is 5.77. The largest absolute Gasteiger partial charge is 0.382 e. The van der Waals surface area contributed by atoms with Crippen molar-refractivity contribution in [2.45, 2.75) is 55.7 Å². The summed E-state index contributed by atoms with van der Waals surface area (Å²) in [5, 5.41) is 0. The van der Waals surface area contributed by atoms with E-state index in [9.17, 15) is 4.89 Å². The van der Waals surface area contributed by atoms with Crippen LogP contribution >= 0.6 is 6.72 Å². The van der Waals surface area contributed by atoms with Crippen LogP contribution in [0.2, 0.25) is 0 Å². The molecule has 7 atom stereocenters. The van der Waals surface area contributed by atoms with E-state index in [1.807, 2.05) is 0 Å². The van der Waals surface area contributed by atoms with Gasteiger partial charge in [-0.15, -0.1) is 0 Å². The third-order valence-corrected chi connectivity index (χ3v) is 5.96. The summed E-state index contributed by atoms with van der Waals surface area (Å²) in [6.45, 7) is -1.43. The van der Waals surface area contributed by atoms with Gasteiger partial charge in [-0.05, 0) is 31.6 Å². The zero-order valence-corrected chi connectivity index (χ0v) is 16.4. The fourth-order valence-corrected chi connectivity index (χ4v) is 4.65. The van der Waals surface area contributed by atoms with Gasteiger partial charge in [-0.25, -0.2) is 0 Å². The lowest BCUT2D eigenvalue weighted by Gasteiger charge is -2.32. The molecule has 12 heteroatoms. The maximum Gasteiger partial charge on any atom is 0.324 e. The van der Waals surface area contributed by atoms with Gasteiger partial charge in [0.25, 0.3) is 0 Å². The first-order chi connectivity index (χ1) is 11.7. The standard InChI is InChI=1S/C13H23B3O7PS/c1-13(7-18-2)10(5-11(14)22-13)23-24(17,25)20-6-9-8(19-3)4-12(16-15)21-9/h8-12H,4-7H2,1-3H3,(H,17,25)/t8-,9-,10-,11-,12-,13-,24?/m1/s1. The highest BCUT2D eigenvalue weighted by molar-refractivity contribution is 8.07. The van der Waals surface area contributed by atoms with Crippen molar-refractivity contribution in [2.75, 3.05) is 27.4 Å². The minimum absolute atomic E-state index is 0.0389. The maximum absolute atomic E-state index is 10.4. The summed E-state index contributed by atoms with van der Waals surface area (Å²) in [6, 6.07) is -0.737. The highest BCUT2D eigenvalue weighted by atomic mass is 32.5. The van der Waals surface area contributed by atoms with E-state index in [2.05, 4.69) is 0 Å². The van der Waals surface area contributed by atoms with E-state index < -0.39 is 24.4 Å². The Bertz CT molecular complexity index is 491. The highest BCUT2D eigenvalue weighted by Crippen LogP contribution is 2.50. The van der Waals surface area contributed by atoms with Crippen LogP contribution in [0.5, 0.6) is 0 Å². The molecule has 0 aliphatic carbocycles. The molecule has 2 fully saturated rings. The molecule has 0 amide bonds. The lowest BCUT2D eigenvalue weighted by Crippen LogP contribution is -2.42. The number of hydrogen-bond donors (Lipinski definition) is 1. The molecule has 2 heterocycles. The van der Waals surface area contributed by atoms with Gasteiger partial charge < -0.3 is 32.9 Å². The normalized spacial score (nSPS) is 40.9. The third-order valence-electron chi connectivity index (χ3n) is 4.39. The Kier molecular flexibility index (Phi) is 8.02. The number of ether oxygens (including phenoxy) is 4. The van der Waals surface area contributed by atoms with Crippen LogP contribution in [0.25, 0.3) is 0 Å². The molecular formula is C13H23B3O7PS. The molecule has 2 aliphatic rings. The summed E-state index contributed by atoms with van der Waals surface area (Å²) in [5.41, 5.74) is -0.803. The molecule has 1 unspecified atom stereocenters. The van der Waals surface area contributed by atoms with Crippen LogP contribution in [0.1, 0.15) is 19.8 Å². The van der Waals surface area contributed by atoms with E-state index in [0.717, 1.165) is 0 Å². The predicted molar refractivity (Wildman–Crippen MR) is 98.4 cm³/mol. The van der Waals surface area contributed by atoms with Crippen LogP contribution in [0, 0.1) is 0 Å². The Balaban J connectivity index is 1.92. The zero-order chi connectivity index (χ0) is 18.7. The van der Waals surface area contributed by atoms with Crippen molar-refractivity contribution in [3.63, 3.8) is 0 Å². The Labute approximate surface area is 157 Å². The molecule has 2 saturated heterocycles. The van der Waals surface area contributed by atoms with E-state index >= 15 is 0 Å². The van der Waals surface area contributed by atoms with E-state index in [0.29, 0.717) is 12.8 Å². The molecule has 0 spiro atoms. The van der Waals surface area contributed by atoms with Gasteiger partial charge in [0.15, 0.2) is 0 Å². The Hall–Kier alpha value is 0.565. The quantitative estimate of drug-likeness (QED) is 0.433. The van der Waals surface area contributed by atoms with Gasteiger partial charge in [-0.2, -0.15) is 0 Å². The van der Waals surface area contributed by atoms with Crippen LogP contribution in [0.4, 0.5) is 0 Å². The Morgan fingerprint density at radius 2 is 2.12 bits per heavy atom. The van der Waals surface area contributed by atoms with Gasteiger partial charge in [0.2, 0.25) is 0 Å². The van der Waals surface area contributed by atoms with Crippen molar-refractivity contribution in [1.29, 1.82) is 0 Å². The van der Waals surface area contributed by atoms with Gasteiger partial charge in [-0.3, -0.25) is 0 Å². The molecule has 0 aromatic rings. The van der Waals surface area contributed by atoms with Crippen molar-refractivity contribution in [1.82, 2.24) is 0 Å². The molecule has 0 aromatic carbocycles. The van der Waals surface area contributed by atoms with Gasteiger partial charge in [-0.1, -0.05) is 0 Å². The first-order valence-corrected chi connectivity index (χ1v) is 10.6.